The summed E-state index contributed by atoms with van der Waals surface area (Å²) in [5.74, 6) is -0.622. The van der Waals surface area contributed by atoms with Crippen molar-refractivity contribution in [2.24, 2.45) is 5.92 Å². The Labute approximate surface area is 499 Å². The van der Waals surface area contributed by atoms with E-state index in [1.807, 2.05) is 212 Å². The lowest BCUT2D eigenvalue weighted by atomic mass is 9.75. The molecule has 84 heavy (non-hydrogen) atoms. The Kier molecular flexibility index (Phi) is 23.2. The van der Waals surface area contributed by atoms with Gasteiger partial charge in [0.25, 0.3) is 0 Å². The van der Waals surface area contributed by atoms with Crippen molar-refractivity contribution in [3.63, 3.8) is 0 Å². The molecule has 446 valence electrons. The van der Waals surface area contributed by atoms with Crippen LogP contribution in [0.4, 0.5) is 0 Å². The molecule has 2 saturated heterocycles. The minimum absolute atomic E-state index is 0.0436. The van der Waals surface area contributed by atoms with E-state index < -0.39 is 75.0 Å². The van der Waals surface area contributed by atoms with Gasteiger partial charge in [0.05, 0.1) is 78.3 Å². The molecule has 0 radical (unpaired) electrons. The normalized spacial score (nSPS) is 24.2. The standard InChI is InChI=1S/C71H86O12Si/c1-70(2,3)84(5,6)81-52-71(63(72)42-60-64(76-45-55-32-18-9-19-33-55)61(50-74-43-53-28-14-7-15-29-53)82-69(73-4)65(60)77-46-56-34-20-10-21-35-56)68(80-49-59-40-26-13-27-41-59)67(79-48-58-38-24-12-25-39-58)66(78-47-57-36-22-11-23-37-57)62(83-71)51-75-44-54-30-16-8-17-31-54/h7-41,60-69,72H,42-52H2,1-6H3/t60?,61-,62?,63?,64+,65?,66-,67?,68?,69+,71-/m0/s1. The van der Waals surface area contributed by atoms with Gasteiger partial charge in [0.2, 0.25) is 0 Å². The summed E-state index contributed by atoms with van der Waals surface area (Å²) < 4.78 is 78.1. The van der Waals surface area contributed by atoms with Gasteiger partial charge < -0.3 is 56.9 Å². The average Bonchev–Trinajstić information content (AvgIpc) is 1.99. The molecule has 2 aliphatic rings. The van der Waals surface area contributed by atoms with Crippen molar-refractivity contribution in [1.29, 1.82) is 0 Å². The van der Waals surface area contributed by atoms with E-state index >= 15 is 0 Å². The fourth-order valence-electron chi connectivity index (χ4n) is 10.9. The molecule has 0 aliphatic carbocycles. The highest BCUT2D eigenvalue weighted by Crippen LogP contribution is 2.46. The summed E-state index contributed by atoms with van der Waals surface area (Å²) in [4.78, 5) is 0. The lowest BCUT2D eigenvalue weighted by Gasteiger charge is -2.56. The Morgan fingerprint density at radius 3 is 1.19 bits per heavy atom. The Morgan fingerprint density at radius 2 is 0.798 bits per heavy atom. The minimum Gasteiger partial charge on any atom is -0.414 e. The van der Waals surface area contributed by atoms with Gasteiger partial charge in [-0.3, -0.25) is 0 Å². The first kappa shape index (κ1) is 62.8. The summed E-state index contributed by atoms with van der Waals surface area (Å²) in [5, 5.41) is 14.1. The highest BCUT2D eigenvalue weighted by atomic mass is 28.4. The molecule has 9 rings (SSSR count). The minimum atomic E-state index is -2.67. The molecule has 2 fully saturated rings. The molecule has 0 spiro atoms. The smallest absolute Gasteiger partial charge is 0.192 e. The molecule has 12 nitrogen and oxygen atoms in total. The number of rotatable bonds is 30. The predicted octanol–water partition coefficient (Wildman–Crippen LogP) is 13.2. The molecule has 13 heteroatoms. The third-order valence-corrected chi connectivity index (χ3v) is 21.1. The van der Waals surface area contributed by atoms with Gasteiger partial charge >= 0.3 is 0 Å². The highest BCUT2D eigenvalue weighted by Gasteiger charge is 2.62. The third kappa shape index (κ3) is 17.3. The molecular formula is C71H86O12Si. The van der Waals surface area contributed by atoms with Crippen LogP contribution in [0.15, 0.2) is 212 Å². The summed E-state index contributed by atoms with van der Waals surface area (Å²) in [7, 11) is -1.04. The van der Waals surface area contributed by atoms with Gasteiger partial charge in [0.1, 0.15) is 42.2 Å². The quantitative estimate of drug-likeness (QED) is 0.0432. The van der Waals surface area contributed by atoms with E-state index in [0.717, 1.165) is 38.9 Å². The van der Waals surface area contributed by atoms with Gasteiger partial charge in [0.15, 0.2) is 14.6 Å². The number of aliphatic hydroxyl groups excluding tert-OH is 1. The molecule has 2 heterocycles. The second-order valence-electron chi connectivity index (χ2n) is 23.6. The van der Waals surface area contributed by atoms with Gasteiger partial charge in [-0.05, 0) is 63.5 Å². The third-order valence-electron chi connectivity index (χ3n) is 16.6. The number of hydrogen-bond acceptors (Lipinski definition) is 12. The fraction of sp³-hybridized carbons (Fsp3) is 0.408. The molecule has 2 aliphatic heterocycles. The number of aliphatic hydroxyl groups is 1. The number of ether oxygens (including phenoxy) is 10. The Bertz CT molecular complexity index is 2920. The van der Waals surface area contributed by atoms with Crippen LogP contribution in [0.3, 0.4) is 0 Å². The van der Waals surface area contributed by atoms with Crippen molar-refractivity contribution in [2.45, 2.75) is 152 Å². The Hall–Kier alpha value is -5.72. The second kappa shape index (κ2) is 31.1. The zero-order chi connectivity index (χ0) is 58.6. The van der Waals surface area contributed by atoms with Gasteiger partial charge in [-0.2, -0.15) is 0 Å². The second-order valence-corrected chi connectivity index (χ2v) is 28.4. The first-order chi connectivity index (χ1) is 40.9. The van der Waals surface area contributed by atoms with Crippen LogP contribution in [-0.2, 0) is 98.0 Å². The van der Waals surface area contributed by atoms with Gasteiger partial charge in [-0.1, -0.05) is 233 Å². The zero-order valence-corrected chi connectivity index (χ0v) is 50.7. The summed E-state index contributed by atoms with van der Waals surface area (Å²) in [6.07, 6.45) is -7.90. The van der Waals surface area contributed by atoms with Crippen LogP contribution >= 0.6 is 0 Å². The summed E-state index contributed by atoms with van der Waals surface area (Å²) >= 11 is 0. The molecule has 7 aromatic carbocycles. The predicted molar refractivity (Wildman–Crippen MR) is 328 cm³/mol. The van der Waals surface area contributed by atoms with Crippen molar-refractivity contribution < 1.29 is 56.9 Å². The van der Waals surface area contributed by atoms with E-state index in [4.69, 9.17) is 51.8 Å². The zero-order valence-electron chi connectivity index (χ0n) is 49.7. The first-order valence-electron chi connectivity index (χ1n) is 29.6. The van der Waals surface area contributed by atoms with Crippen LogP contribution in [0.2, 0.25) is 18.1 Å². The van der Waals surface area contributed by atoms with Crippen LogP contribution < -0.4 is 0 Å². The van der Waals surface area contributed by atoms with Crippen molar-refractivity contribution in [3.05, 3.63) is 251 Å². The molecule has 6 unspecified atom stereocenters. The lowest BCUT2D eigenvalue weighted by Crippen LogP contribution is -2.73. The fourth-order valence-corrected chi connectivity index (χ4v) is 11.9. The molecule has 11 atom stereocenters. The highest BCUT2D eigenvalue weighted by molar-refractivity contribution is 6.74. The van der Waals surface area contributed by atoms with Crippen molar-refractivity contribution in [2.75, 3.05) is 26.9 Å². The molecule has 0 aromatic heterocycles. The van der Waals surface area contributed by atoms with Gasteiger partial charge in [-0.15, -0.1) is 0 Å². The molecule has 0 amide bonds. The monoisotopic (exact) mass is 1160 g/mol. The topological polar surface area (TPSA) is 122 Å². The number of hydrogen-bond donors (Lipinski definition) is 1. The van der Waals surface area contributed by atoms with E-state index in [1.165, 1.54) is 0 Å². The van der Waals surface area contributed by atoms with Crippen molar-refractivity contribution in [1.82, 2.24) is 0 Å². The largest absolute Gasteiger partial charge is 0.414 e. The maximum Gasteiger partial charge on any atom is 0.192 e. The van der Waals surface area contributed by atoms with Crippen LogP contribution in [0, 0.1) is 5.92 Å². The molecule has 1 N–H and O–H groups in total. The number of methoxy groups -OCH3 is 1. The van der Waals surface area contributed by atoms with E-state index in [1.54, 1.807) is 7.11 Å². The van der Waals surface area contributed by atoms with E-state index in [-0.39, 0.29) is 64.3 Å². The van der Waals surface area contributed by atoms with Gasteiger partial charge in [-0.25, -0.2) is 0 Å². The molecule has 0 bridgehead atoms. The summed E-state index contributed by atoms with van der Waals surface area (Å²) in [5.41, 5.74) is 5.14. The van der Waals surface area contributed by atoms with E-state index in [2.05, 4.69) is 33.9 Å². The summed E-state index contributed by atoms with van der Waals surface area (Å²) in [6.45, 7) is 13.0. The van der Waals surface area contributed by atoms with Crippen LogP contribution in [-0.4, -0.2) is 101 Å². The van der Waals surface area contributed by atoms with Crippen LogP contribution in [0.1, 0.15) is 66.1 Å². The molecular weight excluding hydrogens is 1070 g/mol. The Balaban J connectivity index is 1.19. The average molecular weight is 1160 g/mol. The Morgan fingerprint density at radius 1 is 0.452 bits per heavy atom. The maximum atomic E-state index is 14.3. The van der Waals surface area contributed by atoms with Crippen molar-refractivity contribution in [3.8, 4) is 0 Å². The number of benzene rings is 7. The van der Waals surface area contributed by atoms with E-state index in [0.29, 0.717) is 13.2 Å². The summed E-state index contributed by atoms with van der Waals surface area (Å²) in [6, 6.07) is 70.5. The van der Waals surface area contributed by atoms with E-state index in [9.17, 15) is 5.11 Å². The van der Waals surface area contributed by atoms with Gasteiger partial charge in [0, 0.05) is 13.0 Å². The van der Waals surface area contributed by atoms with Crippen LogP contribution in [0.5, 0.6) is 0 Å². The maximum absolute atomic E-state index is 14.3. The van der Waals surface area contributed by atoms with Crippen LogP contribution in [0.25, 0.3) is 0 Å². The SMILES string of the molecule is CO[C@@H]1O[C@@H](COCc2ccccc2)[C@H](OCc2ccccc2)C(CC(O)[C@]2(CO[Si](C)(C)C(C)(C)C)OC(COCc3ccccc3)[C@H](OCc3ccccc3)C(OCc3ccccc3)C2OCc2ccccc2)C1OCc1ccccc1. The first-order valence-corrected chi connectivity index (χ1v) is 32.5. The lowest BCUT2D eigenvalue weighted by molar-refractivity contribution is -0.341. The molecule has 0 saturated carbocycles. The molecule has 7 aromatic rings. The van der Waals surface area contributed by atoms with Crippen molar-refractivity contribution >= 4 is 8.32 Å².